The van der Waals surface area contributed by atoms with Crippen LogP contribution in [0, 0.1) is 11.3 Å². The monoisotopic (exact) mass is 227 g/mol. The number of thiophene rings is 1. The number of hydrogen-bond acceptors (Lipinski definition) is 2. The molecule has 0 aliphatic heterocycles. The Balaban J connectivity index is 2.99. The molecule has 1 nitrogen and oxygen atoms in total. The van der Waals surface area contributed by atoms with Crippen LogP contribution in [0.25, 0.3) is 10.1 Å². The van der Waals surface area contributed by atoms with Gasteiger partial charge in [-0.25, -0.2) is 0 Å². The summed E-state index contributed by atoms with van der Waals surface area (Å²) in [5, 5.41) is 12.6. The highest BCUT2D eigenvalue weighted by Gasteiger charge is 2.09. The molecule has 0 N–H and O–H groups in total. The molecule has 4 heteroatoms. The predicted octanol–water partition coefficient (Wildman–Crippen LogP) is 4.08. The van der Waals surface area contributed by atoms with Crippen molar-refractivity contribution in [2.75, 3.05) is 0 Å². The smallest absolute Gasteiger partial charge is 0.0999 e. The minimum atomic E-state index is 0.575. The van der Waals surface area contributed by atoms with Gasteiger partial charge in [0.2, 0.25) is 0 Å². The van der Waals surface area contributed by atoms with Crippen molar-refractivity contribution >= 4 is 44.6 Å². The van der Waals surface area contributed by atoms with E-state index in [0.717, 1.165) is 10.1 Å². The average molecular weight is 228 g/mol. The van der Waals surface area contributed by atoms with E-state index in [1.807, 2.05) is 0 Å². The summed E-state index contributed by atoms with van der Waals surface area (Å²) in [6.07, 6.45) is 0. The summed E-state index contributed by atoms with van der Waals surface area (Å²) in [5.41, 5.74) is 0.575. The van der Waals surface area contributed by atoms with E-state index in [4.69, 9.17) is 28.5 Å². The molecule has 0 fully saturated rings. The Bertz CT molecular complexity index is 510. The van der Waals surface area contributed by atoms with Crippen molar-refractivity contribution in [3.63, 3.8) is 0 Å². The maximum atomic E-state index is 8.82. The van der Waals surface area contributed by atoms with Crippen molar-refractivity contribution in [3.05, 3.63) is 33.1 Å². The molecule has 1 aromatic carbocycles. The second-order valence-corrected chi connectivity index (χ2v) is 4.19. The number of rotatable bonds is 0. The topological polar surface area (TPSA) is 23.8 Å². The van der Waals surface area contributed by atoms with Crippen molar-refractivity contribution in [2.45, 2.75) is 0 Å². The molecule has 0 aliphatic carbocycles. The molecular formula is C9H3Cl2NS. The SMILES string of the molecule is N#Cc1ccc(Cl)c2scc(Cl)c12. The molecule has 1 heterocycles. The molecule has 0 atom stereocenters. The van der Waals surface area contributed by atoms with E-state index in [-0.39, 0.29) is 0 Å². The summed E-state index contributed by atoms with van der Waals surface area (Å²) in [4.78, 5) is 0. The van der Waals surface area contributed by atoms with Crippen molar-refractivity contribution in [2.24, 2.45) is 0 Å². The molecule has 64 valence electrons. The van der Waals surface area contributed by atoms with Gasteiger partial charge >= 0.3 is 0 Å². The number of benzene rings is 1. The van der Waals surface area contributed by atoms with Crippen LogP contribution < -0.4 is 0 Å². The van der Waals surface area contributed by atoms with Crippen LogP contribution in [0.5, 0.6) is 0 Å². The lowest BCUT2D eigenvalue weighted by Gasteiger charge is -1.95. The van der Waals surface area contributed by atoms with E-state index < -0.39 is 0 Å². The first-order valence-electron chi connectivity index (χ1n) is 3.49. The Labute approximate surface area is 89.1 Å². The number of halogens is 2. The summed E-state index contributed by atoms with van der Waals surface area (Å²) in [6.45, 7) is 0. The van der Waals surface area contributed by atoms with Gasteiger partial charge < -0.3 is 0 Å². The van der Waals surface area contributed by atoms with Crippen LogP contribution in [-0.4, -0.2) is 0 Å². The first-order valence-corrected chi connectivity index (χ1v) is 5.13. The predicted molar refractivity (Wildman–Crippen MR) is 56.6 cm³/mol. The van der Waals surface area contributed by atoms with Gasteiger partial charge in [-0.05, 0) is 12.1 Å². The molecule has 0 spiro atoms. The Hall–Kier alpha value is -0.750. The lowest BCUT2D eigenvalue weighted by molar-refractivity contribution is 1.51. The molecule has 1 aromatic heterocycles. The minimum Gasteiger partial charge on any atom is -0.192 e. The lowest BCUT2D eigenvalue weighted by Crippen LogP contribution is -1.75. The number of fused-ring (bicyclic) bond motifs is 1. The lowest BCUT2D eigenvalue weighted by atomic mass is 10.1. The highest BCUT2D eigenvalue weighted by Crippen LogP contribution is 2.36. The zero-order valence-electron chi connectivity index (χ0n) is 6.34. The summed E-state index contributed by atoms with van der Waals surface area (Å²) >= 11 is 13.3. The molecule has 13 heavy (non-hydrogen) atoms. The molecule has 2 aromatic rings. The summed E-state index contributed by atoms with van der Waals surface area (Å²) in [5.74, 6) is 0. The van der Waals surface area contributed by atoms with E-state index in [9.17, 15) is 0 Å². The fraction of sp³-hybridized carbons (Fsp3) is 0. The van der Waals surface area contributed by atoms with Gasteiger partial charge in [0.25, 0.3) is 0 Å². The van der Waals surface area contributed by atoms with Crippen molar-refractivity contribution in [1.29, 1.82) is 5.26 Å². The van der Waals surface area contributed by atoms with Gasteiger partial charge in [-0.15, -0.1) is 11.3 Å². The van der Waals surface area contributed by atoms with Crippen LogP contribution in [0.4, 0.5) is 0 Å². The average Bonchev–Trinajstić information content (AvgIpc) is 2.51. The van der Waals surface area contributed by atoms with Gasteiger partial charge in [0.15, 0.2) is 0 Å². The Morgan fingerprint density at radius 2 is 2.00 bits per heavy atom. The summed E-state index contributed by atoms with van der Waals surface area (Å²) in [7, 11) is 0. The second kappa shape index (κ2) is 3.19. The van der Waals surface area contributed by atoms with E-state index >= 15 is 0 Å². The van der Waals surface area contributed by atoms with E-state index in [1.54, 1.807) is 17.5 Å². The molecule has 0 radical (unpaired) electrons. The largest absolute Gasteiger partial charge is 0.192 e. The molecule has 0 unspecified atom stereocenters. The normalized spacial score (nSPS) is 10.2. The zero-order valence-corrected chi connectivity index (χ0v) is 8.67. The van der Waals surface area contributed by atoms with Crippen LogP contribution in [0.1, 0.15) is 5.56 Å². The third kappa shape index (κ3) is 1.30. The summed E-state index contributed by atoms with van der Waals surface area (Å²) in [6, 6.07) is 5.49. The van der Waals surface area contributed by atoms with Crippen LogP contribution in [-0.2, 0) is 0 Å². The van der Waals surface area contributed by atoms with E-state index in [0.29, 0.717) is 15.6 Å². The molecule has 0 amide bonds. The van der Waals surface area contributed by atoms with Gasteiger partial charge in [-0.2, -0.15) is 5.26 Å². The van der Waals surface area contributed by atoms with Crippen LogP contribution in [0.2, 0.25) is 10.0 Å². The minimum absolute atomic E-state index is 0.575. The Morgan fingerprint density at radius 1 is 1.23 bits per heavy atom. The number of nitriles is 1. The number of nitrogens with zero attached hydrogens (tertiary/aromatic N) is 1. The maximum absolute atomic E-state index is 8.82. The van der Waals surface area contributed by atoms with Crippen LogP contribution >= 0.6 is 34.5 Å². The highest BCUT2D eigenvalue weighted by atomic mass is 35.5. The molecule has 0 aliphatic rings. The van der Waals surface area contributed by atoms with Gasteiger partial charge in [0, 0.05) is 10.8 Å². The van der Waals surface area contributed by atoms with Gasteiger partial charge in [-0.1, -0.05) is 23.2 Å². The third-order valence-corrected chi connectivity index (χ3v) is 3.62. The van der Waals surface area contributed by atoms with Crippen LogP contribution in [0.15, 0.2) is 17.5 Å². The van der Waals surface area contributed by atoms with E-state index in [2.05, 4.69) is 6.07 Å². The standard InChI is InChI=1S/C9H3Cl2NS/c10-6-2-1-5(3-12)8-7(11)4-13-9(6)8/h1-2,4H. The van der Waals surface area contributed by atoms with Crippen LogP contribution in [0.3, 0.4) is 0 Å². The highest BCUT2D eigenvalue weighted by molar-refractivity contribution is 7.18. The second-order valence-electron chi connectivity index (χ2n) is 2.49. The summed E-state index contributed by atoms with van der Waals surface area (Å²) < 4.78 is 0.880. The number of hydrogen-bond donors (Lipinski definition) is 0. The van der Waals surface area contributed by atoms with Crippen molar-refractivity contribution in [3.8, 4) is 6.07 Å². The van der Waals surface area contributed by atoms with Gasteiger partial charge in [-0.3, -0.25) is 0 Å². The Morgan fingerprint density at radius 3 is 2.69 bits per heavy atom. The molecule has 0 saturated heterocycles. The molecule has 2 rings (SSSR count). The maximum Gasteiger partial charge on any atom is 0.0999 e. The first kappa shape index (κ1) is 8.83. The van der Waals surface area contributed by atoms with Gasteiger partial charge in [0.1, 0.15) is 0 Å². The Kier molecular flexibility index (Phi) is 2.17. The van der Waals surface area contributed by atoms with E-state index in [1.165, 1.54) is 11.3 Å². The van der Waals surface area contributed by atoms with Crippen molar-refractivity contribution < 1.29 is 0 Å². The fourth-order valence-corrected chi connectivity index (χ4v) is 2.71. The molecule has 0 saturated carbocycles. The molecule has 0 bridgehead atoms. The van der Waals surface area contributed by atoms with Crippen molar-refractivity contribution in [1.82, 2.24) is 0 Å². The molecular weight excluding hydrogens is 225 g/mol. The van der Waals surface area contributed by atoms with Gasteiger partial charge in [0.05, 0.1) is 26.4 Å². The zero-order chi connectivity index (χ0) is 9.42. The first-order chi connectivity index (χ1) is 6.24. The fourth-order valence-electron chi connectivity index (χ4n) is 1.17. The quantitative estimate of drug-likeness (QED) is 0.666. The third-order valence-electron chi connectivity index (χ3n) is 1.75.